The Morgan fingerprint density at radius 3 is 2.50 bits per heavy atom. The lowest BCUT2D eigenvalue weighted by Crippen LogP contribution is -2.08. The molecule has 0 fully saturated rings. The van der Waals surface area contributed by atoms with Gasteiger partial charge in [-0.15, -0.1) is 0 Å². The lowest BCUT2D eigenvalue weighted by Gasteiger charge is -2.08. The van der Waals surface area contributed by atoms with E-state index in [1.807, 2.05) is 13.8 Å². The maximum Gasteiger partial charge on any atom is 0.166 e. The van der Waals surface area contributed by atoms with Gasteiger partial charge >= 0.3 is 0 Å². The molecular weight excluding hydrogens is 210 g/mol. The van der Waals surface area contributed by atoms with E-state index in [4.69, 9.17) is 0 Å². The third-order valence-electron chi connectivity index (χ3n) is 2.78. The average Bonchev–Trinajstić information content (AvgIpc) is 2.23. The molecule has 0 aromatic heterocycles. The van der Waals surface area contributed by atoms with Crippen LogP contribution in [0.3, 0.4) is 0 Å². The molecule has 0 spiro atoms. The summed E-state index contributed by atoms with van der Waals surface area (Å²) in [5, 5.41) is 0. The van der Waals surface area contributed by atoms with Crippen molar-refractivity contribution in [2.24, 2.45) is 5.92 Å². The van der Waals surface area contributed by atoms with E-state index in [1.54, 1.807) is 0 Å². The van der Waals surface area contributed by atoms with Gasteiger partial charge in [0.05, 0.1) is 5.56 Å². The van der Waals surface area contributed by atoms with Gasteiger partial charge in [0, 0.05) is 6.42 Å². The second-order valence-corrected chi connectivity index (χ2v) is 4.22. The van der Waals surface area contributed by atoms with Crippen LogP contribution in [0.4, 0.5) is 8.78 Å². The van der Waals surface area contributed by atoms with Crippen LogP contribution in [0.25, 0.3) is 0 Å². The molecule has 0 amide bonds. The summed E-state index contributed by atoms with van der Waals surface area (Å²) >= 11 is 0. The normalized spacial score (nSPS) is 12.6. The van der Waals surface area contributed by atoms with Crippen LogP contribution in [0.1, 0.15) is 42.6 Å². The molecule has 1 atom stereocenters. The lowest BCUT2D eigenvalue weighted by atomic mass is 9.97. The number of Topliss-reactive ketones (excluding diaryl/α,β-unsaturated/α-hetero) is 1. The van der Waals surface area contributed by atoms with E-state index in [0.717, 1.165) is 18.6 Å². The fourth-order valence-corrected chi connectivity index (χ4v) is 1.43. The van der Waals surface area contributed by atoms with E-state index >= 15 is 0 Å². The van der Waals surface area contributed by atoms with Crippen molar-refractivity contribution in [3.8, 4) is 0 Å². The molecule has 1 unspecified atom stereocenters. The van der Waals surface area contributed by atoms with Crippen molar-refractivity contribution in [1.29, 1.82) is 0 Å². The van der Waals surface area contributed by atoms with Crippen LogP contribution in [0.2, 0.25) is 0 Å². The largest absolute Gasteiger partial charge is 0.294 e. The Morgan fingerprint density at radius 2 is 1.94 bits per heavy atom. The van der Waals surface area contributed by atoms with Crippen molar-refractivity contribution in [1.82, 2.24) is 0 Å². The molecule has 0 aliphatic rings. The number of hydrogen-bond acceptors (Lipinski definition) is 1. The molecule has 0 heterocycles. The molecule has 0 radical (unpaired) electrons. The number of carbonyl (C=O) groups excluding carboxylic acids is 1. The van der Waals surface area contributed by atoms with Gasteiger partial charge in [-0.05, 0) is 30.5 Å². The van der Waals surface area contributed by atoms with Gasteiger partial charge in [0.1, 0.15) is 11.6 Å². The van der Waals surface area contributed by atoms with Crippen LogP contribution in [0.15, 0.2) is 12.1 Å². The van der Waals surface area contributed by atoms with E-state index in [2.05, 4.69) is 0 Å². The third-order valence-corrected chi connectivity index (χ3v) is 2.78. The fraction of sp³-hybridized carbons (Fsp3) is 0.462. The maximum atomic E-state index is 13.4. The van der Waals surface area contributed by atoms with Gasteiger partial charge in [-0.1, -0.05) is 20.3 Å². The number of halogens is 2. The van der Waals surface area contributed by atoms with Crippen molar-refractivity contribution in [2.75, 3.05) is 0 Å². The smallest absolute Gasteiger partial charge is 0.166 e. The molecule has 0 aliphatic heterocycles. The minimum atomic E-state index is -0.632. The molecule has 1 nitrogen and oxygen atoms in total. The first-order valence-electron chi connectivity index (χ1n) is 5.44. The number of aryl methyl sites for hydroxylation is 1. The molecule has 0 aliphatic carbocycles. The maximum absolute atomic E-state index is 13.4. The topological polar surface area (TPSA) is 17.1 Å². The Labute approximate surface area is 94.5 Å². The fourth-order valence-electron chi connectivity index (χ4n) is 1.43. The Kier molecular flexibility index (Phi) is 4.16. The molecule has 0 saturated heterocycles. The van der Waals surface area contributed by atoms with Gasteiger partial charge < -0.3 is 0 Å². The van der Waals surface area contributed by atoms with Gasteiger partial charge in [-0.3, -0.25) is 4.79 Å². The zero-order chi connectivity index (χ0) is 12.3. The van der Waals surface area contributed by atoms with E-state index in [1.165, 1.54) is 6.92 Å². The van der Waals surface area contributed by atoms with Gasteiger partial charge in [0.25, 0.3) is 0 Å². The Bertz CT molecular complexity index is 399. The zero-order valence-electron chi connectivity index (χ0n) is 9.81. The molecule has 0 N–H and O–H groups in total. The number of benzene rings is 1. The number of rotatable bonds is 4. The first-order valence-corrected chi connectivity index (χ1v) is 5.44. The number of hydrogen-bond donors (Lipinski definition) is 0. The van der Waals surface area contributed by atoms with Crippen LogP contribution in [-0.2, 0) is 0 Å². The van der Waals surface area contributed by atoms with Crippen molar-refractivity contribution in [2.45, 2.75) is 33.6 Å². The summed E-state index contributed by atoms with van der Waals surface area (Å²) in [5.41, 5.74) is 0.0842. The highest BCUT2D eigenvalue weighted by atomic mass is 19.1. The van der Waals surface area contributed by atoms with Gasteiger partial charge in [0.15, 0.2) is 5.78 Å². The molecule has 3 heteroatoms. The quantitative estimate of drug-likeness (QED) is 0.712. The molecule has 88 valence electrons. The minimum absolute atomic E-state index is 0.136. The molecule has 16 heavy (non-hydrogen) atoms. The van der Waals surface area contributed by atoms with Crippen LogP contribution in [0, 0.1) is 24.5 Å². The average molecular weight is 226 g/mol. The van der Waals surface area contributed by atoms with Crippen LogP contribution >= 0.6 is 0 Å². The molecule has 0 saturated carbocycles. The van der Waals surface area contributed by atoms with Crippen molar-refractivity contribution in [3.05, 3.63) is 34.9 Å². The molecular formula is C13H16F2O. The van der Waals surface area contributed by atoms with E-state index in [9.17, 15) is 13.6 Å². The molecule has 1 rings (SSSR count). The molecule has 1 aromatic rings. The monoisotopic (exact) mass is 226 g/mol. The first-order chi connectivity index (χ1) is 7.45. The van der Waals surface area contributed by atoms with Crippen LogP contribution in [0.5, 0.6) is 0 Å². The Balaban J connectivity index is 2.96. The summed E-state index contributed by atoms with van der Waals surface area (Å²) < 4.78 is 26.7. The van der Waals surface area contributed by atoms with Crippen molar-refractivity contribution >= 4 is 5.78 Å². The van der Waals surface area contributed by atoms with Crippen molar-refractivity contribution < 1.29 is 13.6 Å². The van der Waals surface area contributed by atoms with E-state index < -0.39 is 11.6 Å². The van der Waals surface area contributed by atoms with Crippen LogP contribution in [-0.4, -0.2) is 5.78 Å². The molecule has 0 bridgehead atoms. The Hall–Kier alpha value is -1.25. The summed E-state index contributed by atoms with van der Waals surface area (Å²) in [5.74, 6) is -1.30. The third kappa shape index (κ3) is 2.87. The highest BCUT2D eigenvalue weighted by Crippen LogP contribution is 2.18. The van der Waals surface area contributed by atoms with Gasteiger partial charge in [-0.25, -0.2) is 8.78 Å². The Morgan fingerprint density at radius 1 is 1.31 bits per heavy atom. The molecule has 1 aromatic carbocycles. The minimum Gasteiger partial charge on any atom is -0.294 e. The summed E-state index contributed by atoms with van der Waals surface area (Å²) in [7, 11) is 0. The van der Waals surface area contributed by atoms with E-state index in [-0.39, 0.29) is 29.2 Å². The highest BCUT2D eigenvalue weighted by Gasteiger charge is 2.16. The predicted octanol–water partition coefficient (Wildman–Crippen LogP) is 3.89. The number of carbonyl (C=O) groups is 1. The number of ketones is 1. The summed E-state index contributed by atoms with van der Waals surface area (Å²) in [6.07, 6.45) is 1.11. The lowest BCUT2D eigenvalue weighted by molar-refractivity contribution is 0.0959. The second kappa shape index (κ2) is 5.19. The summed E-state index contributed by atoms with van der Waals surface area (Å²) in [6, 6.07) is 2.06. The predicted molar refractivity (Wildman–Crippen MR) is 59.5 cm³/mol. The van der Waals surface area contributed by atoms with Gasteiger partial charge in [0.2, 0.25) is 0 Å². The first kappa shape index (κ1) is 12.8. The summed E-state index contributed by atoms with van der Waals surface area (Å²) in [6.45, 7) is 5.35. The van der Waals surface area contributed by atoms with E-state index in [0.29, 0.717) is 0 Å². The van der Waals surface area contributed by atoms with Crippen molar-refractivity contribution in [3.63, 3.8) is 0 Å². The second-order valence-electron chi connectivity index (χ2n) is 4.22. The SMILES string of the molecule is CCC(C)CC(=O)c1cc(F)c(C)cc1F. The van der Waals surface area contributed by atoms with Crippen LogP contribution < -0.4 is 0 Å². The van der Waals surface area contributed by atoms with Gasteiger partial charge in [-0.2, -0.15) is 0 Å². The highest BCUT2D eigenvalue weighted by molar-refractivity contribution is 5.96. The zero-order valence-corrected chi connectivity index (χ0v) is 9.81. The standard InChI is InChI=1S/C13H16F2O/c1-4-8(2)5-13(16)10-7-11(14)9(3)6-12(10)15/h6-8H,4-5H2,1-3H3. The summed E-state index contributed by atoms with van der Waals surface area (Å²) in [4.78, 5) is 11.7.